The van der Waals surface area contributed by atoms with E-state index < -0.39 is 6.23 Å². The highest BCUT2D eigenvalue weighted by Crippen LogP contribution is 2.24. The molecule has 4 heteroatoms. The average molecular weight is 422 g/mol. The second kappa shape index (κ2) is 11.1. The predicted octanol–water partition coefficient (Wildman–Crippen LogP) is 5.34. The first-order chi connectivity index (χ1) is 14.5. The summed E-state index contributed by atoms with van der Waals surface area (Å²) >= 11 is 6.00. The summed E-state index contributed by atoms with van der Waals surface area (Å²) in [5, 5.41) is 14.3. The first-order valence-corrected chi connectivity index (χ1v) is 10.7. The number of Topliss-reactive ketones (excluding diaryl/α,β-unsaturated/α-hetero) is 1. The standard InChI is InChI=1S/C26H28ClNO2/c1-19(21-8-4-2-5-9-21)26(30)28-17-16-25(29)24(22-10-6-3-7-11-22)18-20-12-14-23(27)15-13-20/h2-15,19,24,26,28,30H,16-18H2,1H3. The molecule has 0 saturated carbocycles. The monoisotopic (exact) mass is 421 g/mol. The van der Waals surface area contributed by atoms with Crippen molar-refractivity contribution in [2.24, 2.45) is 0 Å². The molecular weight excluding hydrogens is 394 g/mol. The third-order valence-corrected chi connectivity index (χ3v) is 5.72. The molecule has 3 nitrogen and oxygen atoms in total. The molecule has 2 N–H and O–H groups in total. The fourth-order valence-electron chi connectivity index (χ4n) is 3.59. The van der Waals surface area contributed by atoms with E-state index in [1.807, 2.05) is 91.9 Å². The maximum Gasteiger partial charge on any atom is 0.141 e. The number of nitrogens with one attached hydrogen (secondary N) is 1. The van der Waals surface area contributed by atoms with E-state index in [1.165, 1.54) is 0 Å². The highest BCUT2D eigenvalue weighted by Gasteiger charge is 2.22. The third kappa shape index (κ3) is 6.27. The fraction of sp³-hybridized carbons (Fsp3) is 0.269. The number of hydrogen-bond donors (Lipinski definition) is 2. The first-order valence-electron chi connectivity index (χ1n) is 10.3. The Morgan fingerprint density at radius 3 is 2.07 bits per heavy atom. The number of rotatable bonds is 10. The molecular formula is C26H28ClNO2. The van der Waals surface area contributed by atoms with Crippen LogP contribution in [0.15, 0.2) is 84.9 Å². The molecule has 0 aromatic heterocycles. The maximum absolute atomic E-state index is 13.1. The zero-order chi connectivity index (χ0) is 21.3. The summed E-state index contributed by atoms with van der Waals surface area (Å²) < 4.78 is 0. The van der Waals surface area contributed by atoms with Crippen LogP contribution in [0.5, 0.6) is 0 Å². The van der Waals surface area contributed by atoms with Gasteiger partial charge in [0, 0.05) is 29.8 Å². The molecule has 0 aliphatic carbocycles. The summed E-state index contributed by atoms with van der Waals surface area (Å²) in [6, 6.07) is 27.4. The lowest BCUT2D eigenvalue weighted by Gasteiger charge is -2.21. The van der Waals surface area contributed by atoms with Gasteiger partial charge in [-0.25, -0.2) is 0 Å². The van der Waals surface area contributed by atoms with Gasteiger partial charge in [-0.2, -0.15) is 0 Å². The second-order valence-electron chi connectivity index (χ2n) is 7.61. The number of aliphatic hydroxyl groups is 1. The summed E-state index contributed by atoms with van der Waals surface area (Å²) in [4.78, 5) is 13.1. The molecule has 156 valence electrons. The fourth-order valence-corrected chi connectivity index (χ4v) is 3.72. The van der Waals surface area contributed by atoms with Crippen LogP contribution in [0.1, 0.15) is 41.9 Å². The van der Waals surface area contributed by atoms with Gasteiger partial charge in [0.1, 0.15) is 12.0 Å². The first kappa shape index (κ1) is 22.2. The van der Waals surface area contributed by atoms with Gasteiger partial charge in [-0.1, -0.05) is 91.3 Å². The summed E-state index contributed by atoms with van der Waals surface area (Å²) in [6.07, 6.45) is 0.279. The van der Waals surface area contributed by atoms with Gasteiger partial charge in [0.2, 0.25) is 0 Å². The van der Waals surface area contributed by atoms with Crippen LogP contribution in [0.3, 0.4) is 0 Å². The Hall–Kier alpha value is -2.46. The molecule has 0 radical (unpaired) electrons. The van der Waals surface area contributed by atoms with Crippen LogP contribution < -0.4 is 5.32 Å². The van der Waals surface area contributed by atoms with Crippen LogP contribution in [0, 0.1) is 0 Å². The van der Waals surface area contributed by atoms with Crippen LogP contribution in [0.4, 0.5) is 0 Å². The summed E-state index contributed by atoms with van der Waals surface area (Å²) in [6.45, 7) is 2.41. The Morgan fingerprint density at radius 1 is 0.900 bits per heavy atom. The second-order valence-corrected chi connectivity index (χ2v) is 8.04. The zero-order valence-electron chi connectivity index (χ0n) is 17.2. The molecule has 3 unspecified atom stereocenters. The van der Waals surface area contributed by atoms with Crippen LogP contribution in [0.25, 0.3) is 0 Å². The number of carbonyl (C=O) groups excluding carboxylic acids is 1. The van der Waals surface area contributed by atoms with Crippen molar-refractivity contribution >= 4 is 17.4 Å². The number of carbonyl (C=O) groups is 1. The van der Waals surface area contributed by atoms with Gasteiger partial charge in [0.25, 0.3) is 0 Å². The third-order valence-electron chi connectivity index (χ3n) is 5.47. The van der Waals surface area contributed by atoms with Crippen LogP contribution in [-0.4, -0.2) is 23.7 Å². The Morgan fingerprint density at radius 2 is 1.47 bits per heavy atom. The molecule has 3 aromatic carbocycles. The van der Waals surface area contributed by atoms with Crippen molar-refractivity contribution < 1.29 is 9.90 Å². The molecule has 0 bridgehead atoms. The van der Waals surface area contributed by atoms with Crippen molar-refractivity contribution in [3.63, 3.8) is 0 Å². The number of aliphatic hydroxyl groups excluding tert-OH is 1. The van der Waals surface area contributed by atoms with Crippen molar-refractivity contribution in [1.82, 2.24) is 5.32 Å². The molecule has 3 aromatic rings. The molecule has 0 aliphatic heterocycles. The van der Waals surface area contributed by atoms with Crippen LogP contribution in [-0.2, 0) is 11.2 Å². The Kier molecular flexibility index (Phi) is 8.21. The van der Waals surface area contributed by atoms with Gasteiger partial charge in [-0.15, -0.1) is 0 Å². The van der Waals surface area contributed by atoms with Gasteiger partial charge in [-0.3, -0.25) is 10.1 Å². The predicted molar refractivity (Wildman–Crippen MR) is 123 cm³/mol. The maximum atomic E-state index is 13.1. The largest absolute Gasteiger partial charge is 0.378 e. The molecule has 0 aliphatic rings. The summed E-state index contributed by atoms with van der Waals surface area (Å²) in [7, 11) is 0. The van der Waals surface area contributed by atoms with Crippen molar-refractivity contribution in [3.8, 4) is 0 Å². The van der Waals surface area contributed by atoms with Gasteiger partial charge in [0.05, 0.1) is 0 Å². The molecule has 0 heterocycles. The van der Waals surface area contributed by atoms with E-state index in [2.05, 4.69) is 5.32 Å². The Labute approximate surface area is 183 Å². The van der Waals surface area contributed by atoms with Gasteiger partial charge in [0.15, 0.2) is 0 Å². The lowest BCUT2D eigenvalue weighted by atomic mass is 9.87. The SMILES string of the molecule is CC(c1ccccc1)C(O)NCCC(=O)C(Cc1ccc(Cl)cc1)c1ccccc1. The molecule has 0 spiro atoms. The minimum absolute atomic E-state index is 0.0553. The summed E-state index contributed by atoms with van der Waals surface area (Å²) in [5.41, 5.74) is 3.15. The van der Waals surface area contributed by atoms with Gasteiger partial charge in [-0.05, 0) is 35.2 Å². The van der Waals surface area contributed by atoms with E-state index in [9.17, 15) is 9.90 Å². The minimum Gasteiger partial charge on any atom is -0.378 e. The number of hydrogen-bond acceptors (Lipinski definition) is 3. The molecule has 0 amide bonds. The Bertz CT molecular complexity index is 913. The Balaban J connectivity index is 1.61. The highest BCUT2D eigenvalue weighted by molar-refractivity contribution is 6.30. The van der Waals surface area contributed by atoms with E-state index in [1.54, 1.807) is 0 Å². The van der Waals surface area contributed by atoms with E-state index in [-0.39, 0.29) is 17.6 Å². The van der Waals surface area contributed by atoms with Gasteiger partial charge >= 0.3 is 0 Å². The molecule has 30 heavy (non-hydrogen) atoms. The number of halogens is 1. The lowest BCUT2D eigenvalue weighted by molar-refractivity contribution is -0.120. The molecule has 0 saturated heterocycles. The van der Waals surface area contributed by atoms with E-state index in [4.69, 9.17) is 11.6 Å². The van der Waals surface area contributed by atoms with E-state index >= 15 is 0 Å². The smallest absolute Gasteiger partial charge is 0.141 e. The molecule has 3 atom stereocenters. The number of benzene rings is 3. The topological polar surface area (TPSA) is 49.3 Å². The molecule has 3 rings (SSSR count). The van der Waals surface area contributed by atoms with Crippen LogP contribution in [0.2, 0.25) is 5.02 Å². The van der Waals surface area contributed by atoms with Crippen molar-refractivity contribution in [2.75, 3.05) is 6.54 Å². The van der Waals surface area contributed by atoms with Crippen molar-refractivity contribution in [1.29, 1.82) is 0 Å². The van der Waals surface area contributed by atoms with Gasteiger partial charge < -0.3 is 5.11 Å². The lowest BCUT2D eigenvalue weighted by Crippen LogP contribution is -2.35. The normalized spacial score (nSPS) is 14.1. The molecule has 0 fully saturated rings. The average Bonchev–Trinajstić information content (AvgIpc) is 2.79. The summed E-state index contributed by atoms with van der Waals surface area (Å²) in [5.74, 6) is -0.124. The van der Waals surface area contributed by atoms with Crippen molar-refractivity contribution in [2.45, 2.75) is 37.8 Å². The van der Waals surface area contributed by atoms with E-state index in [0.717, 1.165) is 16.7 Å². The van der Waals surface area contributed by atoms with Crippen LogP contribution >= 0.6 is 11.6 Å². The zero-order valence-corrected chi connectivity index (χ0v) is 17.9. The minimum atomic E-state index is -0.702. The quantitative estimate of drug-likeness (QED) is 0.434. The van der Waals surface area contributed by atoms with E-state index in [0.29, 0.717) is 24.4 Å². The highest BCUT2D eigenvalue weighted by atomic mass is 35.5. The van der Waals surface area contributed by atoms with Crippen molar-refractivity contribution in [3.05, 3.63) is 107 Å². The number of ketones is 1.